The zero-order chi connectivity index (χ0) is 20.6. The highest BCUT2D eigenvalue weighted by Gasteiger charge is 2.29. The Morgan fingerprint density at radius 3 is 2.59 bits per heavy atom. The van der Waals surface area contributed by atoms with E-state index >= 15 is 0 Å². The molecule has 29 heavy (non-hydrogen) atoms. The number of ether oxygens (including phenoxy) is 1. The van der Waals surface area contributed by atoms with Crippen LogP contribution in [0.25, 0.3) is 0 Å². The zero-order valence-corrected chi connectivity index (χ0v) is 18.1. The van der Waals surface area contributed by atoms with E-state index in [0.717, 1.165) is 57.9 Å². The smallest absolute Gasteiger partial charge is 0.220 e. The third-order valence-electron chi connectivity index (χ3n) is 6.25. The maximum atomic E-state index is 11.6. The molecule has 1 amide bonds. The Bertz CT molecular complexity index is 681. The van der Waals surface area contributed by atoms with Gasteiger partial charge in [0.15, 0.2) is 5.96 Å². The van der Waals surface area contributed by atoms with Crippen molar-refractivity contribution in [2.45, 2.75) is 45.1 Å². The Balaban J connectivity index is 1.53. The third kappa shape index (κ3) is 5.95. The highest BCUT2D eigenvalue weighted by Crippen LogP contribution is 2.33. The molecule has 2 saturated heterocycles. The number of hydrogen-bond donors (Lipinski definition) is 2. The van der Waals surface area contributed by atoms with Crippen LogP contribution in [0.15, 0.2) is 29.3 Å². The molecule has 0 aliphatic carbocycles. The highest BCUT2D eigenvalue weighted by atomic mass is 16.5. The lowest BCUT2D eigenvalue weighted by Crippen LogP contribution is -2.48. The molecule has 0 bridgehead atoms. The van der Waals surface area contributed by atoms with Crippen LogP contribution in [0.5, 0.6) is 0 Å². The number of benzene rings is 1. The lowest BCUT2D eigenvalue weighted by Gasteiger charge is -2.36. The SMILES string of the molecule is CN=C(NCC1CCCOC1c1ccc(C)cc1)N1CCC(CC(=O)NC)CC1. The number of aryl methyl sites for hydroxylation is 1. The zero-order valence-electron chi connectivity index (χ0n) is 18.1. The summed E-state index contributed by atoms with van der Waals surface area (Å²) >= 11 is 0. The molecule has 2 heterocycles. The Morgan fingerprint density at radius 1 is 1.21 bits per heavy atom. The van der Waals surface area contributed by atoms with Crippen molar-refractivity contribution in [2.75, 3.05) is 40.3 Å². The van der Waals surface area contributed by atoms with Crippen molar-refractivity contribution in [1.82, 2.24) is 15.5 Å². The minimum atomic E-state index is 0.144. The first kappa shape index (κ1) is 21.6. The first-order valence-electron chi connectivity index (χ1n) is 10.9. The van der Waals surface area contributed by atoms with E-state index in [1.165, 1.54) is 11.1 Å². The van der Waals surface area contributed by atoms with Crippen LogP contribution in [0, 0.1) is 18.8 Å². The van der Waals surface area contributed by atoms with E-state index in [1.54, 1.807) is 7.05 Å². The second kappa shape index (κ2) is 10.6. The van der Waals surface area contributed by atoms with Crippen LogP contribution in [0.2, 0.25) is 0 Å². The number of aliphatic imine (C=N–C) groups is 1. The first-order chi connectivity index (χ1) is 14.1. The van der Waals surface area contributed by atoms with Gasteiger partial charge in [-0.25, -0.2) is 0 Å². The number of nitrogens with one attached hydrogen (secondary N) is 2. The fourth-order valence-electron chi connectivity index (χ4n) is 4.44. The number of hydrogen-bond acceptors (Lipinski definition) is 3. The molecule has 1 aromatic rings. The van der Waals surface area contributed by atoms with Crippen LogP contribution in [0.3, 0.4) is 0 Å². The molecular weight excluding hydrogens is 364 g/mol. The summed E-state index contributed by atoms with van der Waals surface area (Å²) in [6.07, 6.45) is 5.12. The summed E-state index contributed by atoms with van der Waals surface area (Å²) in [4.78, 5) is 18.5. The van der Waals surface area contributed by atoms with Crippen LogP contribution in [-0.2, 0) is 9.53 Å². The molecule has 2 unspecified atom stereocenters. The van der Waals surface area contributed by atoms with E-state index in [4.69, 9.17) is 4.74 Å². The predicted molar refractivity (Wildman–Crippen MR) is 117 cm³/mol. The highest BCUT2D eigenvalue weighted by molar-refractivity contribution is 5.80. The molecule has 2 atom stereocenters. The van der Waals surface area contributed by atoms with Crippen molar-refractivity contribution < 1.29 is 9.53 Å². The largest absolute Gasteiger partial charge is 0.373 e. The predicted octanol–water partition coefficient (Wildman–Crippen LogP) is 2.89. The Labute approximate surface area is 175 Å². The quantitative estimate of drug-likeness (QED) is 0.589. The molecular formula is C23H36N4O2. The topological polar surface area (TPSA) is 66.0 Å². The van der Waals surface area contributed by atoms with Gasteiger partial charge in [-0.05, 0) is 44.1 Å². The van der Waals surface area contributed by atoms with Gasteiger partial charge in [-0.3, -0.25) is 9.79 Å². The number of amides is 1. The third-order valence-corrected chi connectivity index (χ3v) is 6.25. The van der Waals surface area contributed by atoms with Crippen LogP contribution in [0.1, 0.15) is 49.3 Å². The van der Waals surface area contributed by atoms with Crippen LogP contribution < -0.4 is 10.6 Å². The first-order valence-corrected chi connectivity index (χ1v) is 10.9. The standard InChI is InChI=1S/C23H36N4O2/c1-17-6-8-19(9-7-17)22-20(5-4-14-29-22)16-26-23(25-3)27-12-10-18(11-13-27)15-21(28)24-2/h6-9,18,20,22H,4-5,10-16H2,1-3H3,(H,24,28)(H,25,26). The van der Waals surface area contributed by atoms with Crippen molar-refractivity contribution in [3.63, 3.8) is 0 Å². The van der Waals surface area contributed by atoms with Crippen molar-refractivity contribution in [3.8, 4) is 0 Å². The average molecular weight is 401 g/mol. The molecule has 160 valence electrons. The number of guanidine groups is 1. The molecule has 2 N–H and O–H groups in total. The van der Waals surface area contributed by atoms with E-state index < -0.39 is 0 Å². The van der Waals surface area contributed by atoms with Gasteiger partial charge in [0.2, 0.25) is 5.91 Å². The Morgan fingerprint density at radius 2 is 1.93 bits per heavy atom. The number of rotatable bonds is 5. The maximum absolute atomic E-state index is 11.6. The Hall–Kier alpha value is -2.08. The van der Waals surface area contributed by atoms with Gasteiger partial charge in [0.05, 0.1) is 6.10 Å². The minimum absolute atomic E-state index is 0.144. The molecule has 2 fully saturated rings. The van der Waals surface area contributed by atoms with Gasteiger partial charge in [-0.2, -0.15) is 0 Å². The van der Waals surface area contributed by atoms with Gasteiger partial charge in [0.25, 0.3) is 0 Å². The fraction of sp³-hybridized carbons (Fsp3) is 0.652. The van der Waals surface area contributed by atoms with E-state index in [0.29, 0.717) is 18.3 Å². The molecule has 2 aliphatic heterocycles. The van der Waals surface area contributed by atoms with Crippen molar-refractivity contribution in [3.05, 3.63) is 35.4 Å². The summed E-state index contributed by atoms with van der Waals surface area (Å²) in [6, 6.07) is 8.73. The van der Waals surface area contributed by atoms with Gasteiger partial charge < -0.3 is 20.3 Å². The number of carbonyl (C=O) groups excluding carboxylic acids is 1. The van der Waals surface area contributed by atoms with Gasteiger partial charge in [0.1, 0.15) is 0 Å². The Kier molecular flexibility index (Phi) is 7.92. The molecule has 3 rings (SSSR count). The van der Waals surface area contributed by atoms with Crippen molar-refractivity contribution in [1.29, 1.82) is 0 Å². The van der Waals surface area contributed by atoms with Gasteiger partial charge >= 0.3 is 0 Å². The van der Waals surface area contributed by atoms with Crippen LogP contribution in [-0.4, -0.2) is 57.1 Å². The average Bonchev–Trinajstić information content (AvgIpc) is 2.76. The lowest BCUT2D eigenvalue weighted by atomic mass is 9.89. The fourth-order valence-corrected chi connectivity index (χ4v) is 4.44. The molecule has 6 heteroatoms. The number of likely N-dealkylation sites (tertiary alicyclic amines) is 1. The van der Waals surface area contributed by atoms with Crippen molar-refractivity contribution >= 4 is 11.9 Å². The van der Waals surface area contributed by atoms with E-state index in [2.05, 4.69) is 51.7 Å². The number of piperidine rings is 1. The summed E-state index contributed by atoms with van der Waals surface area (Å²) in [5.74, 6) is 2.03. The summed E-state index contributed by atoms with van der Waals surface area (Å²) < 4.78 is 6.16. The van der Waals surface area contributed by atoms with Gasteiger partial charge in [-0.15, -0.1) is 0 Å². The molecule has 2 aliphatic rings. The summed E-state index contributed by atoms with van der Waals surface area (Å²) in [7, 11) is 3.57. The van der Waals surface area contributed by atoms with E-state index in [9.17, 15) is 4.79 Å². The van der Waals surface area contributed by atoms with Gasteiger partial charge in [-0.1, -0.05) is 29.8 Å². The molecule has 0 radical (unpaired) electrons. The van der Waals surface area contributed by atoms with Crippen molar-refractivity contribution in [2.24, 2.45) is 16.8 Å². The van der Waals surface area contributed by atoms with Crippen LogP contribution >= 0.6 is 0 Å². The summed E-state index contributed by atoms with van der Waals surface area (Å²) in [5, 5.41) is 6.34. The normalized spacial score (nSPS) is 23.7. The molecule has 0 spiro atoms. The second-order valence-corrected chi connectivity index (χ2v) is 8.34. The number of carbonyl (C=O) groups is 1. The molecule has 1 aromatic carbocycles. The molecule has 6 nitrogen and oxygen atoms in total. The number of nitrogens with zero attached hydrogens (tertiary/aromatic N) is 2. The van der Waals surface area contributed by atoms with E-state index in [1.807, 2.05) is 7.05 Å². The molecule has 0 aromatic heterocycles. The summed E-state index contributed by atoms with van der Waals surface area (Å²) in [6.45, 7) is 5.71. The maximum Gasteiger partial charge on any atom is 0.220 e. The lowest BCUT2D eigenvalue weighted by molar-refractivity contribution is -0.121. The summed E-state index contributed by atoms with van der Waals surface area (Å²) in [5.41, 5.74) is 2.55. The van der Waals surface area contributed by atoms with Gasteiger partial charge in [0, 0.05) is 52.7 Å². The van der Waals surface area contributed by atoms with Crippen LogP contribution in [0.4, 0.5) is 0 Å². The minimum Gasteiger partial charge on any atom is -0.373 e. The van der Waals surface area contributed by atoms with E-state index in [-0.39, 0.29) is 12.0 Å². The molecule has 0 saturated carbocycles. The second-order valence-electron chi connectivity index (χ2n) is 8.34. The monoisotopic (exact) mass is 400 g/mol.